The van der Waals surface area contributed by atoms with Crippen LogP contribution in [0.5, 0.6) is 11.5 Å². The first-order valence-electron chi connectivity index (χ1n) is 5.87. The average molecular weight is 250 g/mol. The van der Waals surface area contributed by atoms with Crippen molar-refractivity contribution in [2.45, 2.75) is 26.2 Å². The van der Waals surface area contributed by atoms with Crippen molar-refractivity contribution in [2.24, 2.45) is 0 Å². The van der Waals surface area contributed by atoms with Gasteiger partial charge in [0.15, 0.2) is 11.5 Å². The zero-order chi connectivity index (χ0) is 13.5. The molecule has 0 unspecified atom stereocenters. The minimum Gasteiger partial charge on any atom is -0.504 e. The predicted octanol–water partition coefficient (Wildman–Crippen LogP) is 3.06. The molecule has 0 aliphatic heterocycles. The van der Waals surface area contributed by atoms with Crippen LogP contribution in [0.2, 0.25) is 0 Å². The summed E-state index contributed by atoms with van der Waals surface area (Å²) >= 11 is 0. The summed E-state index contributed by atoms with van der Waals surface area (Å²) in [6, 6.07) is 5.21. The fourth-order valence-corrected chi connectivity index (χ4v) is 1.77. The van der Waals surface area contributed by atoms with Crippen LogP contribution in [0.3, 0.4) is 0 Å². The second kappa shape index (κ2) is 6.69. The Morgan fingerprint density at radius 1 is 1.44 bits per heavy atom. The first kappa shape index (κ1) is 14.1. The molecular formula is C14H18O4. The van der Waals surface area contributed by atoms with Crippen molar-refractivity contribution in [1.82, 2.24) is 0 Å². The van der Waals surface area contributed by atoms with E-state index in [1.54, 1.807) is 24.3 Å². The zero-order valence-corrected chi connectivity index (χ0v) is 10.6. The lowest BCUT2D eigenvalue weighted by Gasteiger charge is -2.11. The minimum atomic E-state index is -0.883. The van der Waals surface area contributed by atoms with E-state index in [-0.39, 0.29) is 12.2 Å². The van der Waals surface area contributed by atoms with Crippen molar-refractivity contribution in [1.29, 1.82) is 0 Å². The van der Waals surface area contributed by atoms with Gasteiger partial charge < -0.3 is 14.9 Å². The highest BCUT2D eigenvalue weighted by Crippen LogP contribution is 2.35. The fourth-order valence-electron chi connectivity index (χ4n) is 1.77. The molecule has 0 aliphatic carbocycles. The number of carboxylic acid groups (broad SMARTS) is 1. The number of methoxy groups -OCH3 is 1. The van der Waals surface area contributed by atoms with E-state index in [0.717, 1.165) is 12.0 Å². The molecule has 0 atom stereocenters. The maximum atomic E-state index is 10.6. The average Bonchev–Trinajstić information content (AvgIpc) is 2.35. The van der Waals surface area contributed by atoms with Crippen LogP contribution < -0.4 is 4.74 Å². The van der Waals surface area contributed by atoms with E-state index in [2.05, 4.69) is 0 Å². The molecular weight excluding hydrogens is 232 g/mol. The van der Waals surface area contributed by atoms with Gasteiger partial charge in [0.2, 0.25) is 0 Å². The van der Waals surface area contributed by atoms with Gasteiger partial charge in [0.25, 0.3) is 0 Å². The van der Waals surface area contributed by atoms with Gasteiger partial charge in [0, 0.05) is 5.56 Å². The van der Waals surface area contributed by atoms with Crippen molar-refractivity contribution in [2.75, 3.05) is 7.11 Å². The van der Waals surface area contributed by atoms with E-state index >= 15 is 0 Å². The summed E-state index contributed by atoms with van der Waals surface area (Å²) in [5, 5.41) is 18.8. The highest BCUT2D eigenvalue weighted by Gasteiger charge is 2.11. The highest BCUT2D eigenvalue weighted by atomic mass is 16.5. The molecule has 0 spiro atoms. The van der Waals surface area contributed by atoms with Crippen molar-refractivity contribution in [3.8, 4) is 11.5 Å². The minimum absolute atomic E-state index is 0.0496. The van der Waals surface area contributed by atoms with E-state index in [1.165, 1.54) is 7.11 Å². The standard InChI is InChI=1S/C14H18O4/c1-3-5-10(8-9-13(15)16)11-6-4-7-12(18-2)14(11)17/h4,6-8,17H,3,5,9H2,1-2H3,(H,15,16)/b10-8+. The first-order valence-corrected chi connectivity index (χ1v) is 5.87. The number of carbonyl (C=O) groups is 1. The number of para-hydroxylation sites is 1. The summed E-state index contributed by atoms with van der Waals surface area (Å²) in [4.78, 5) is 10.6. The van der Waals surface area contributed by atoms with Crippen LogP contribution in [0.1, 0.15) is 31.7 Å². The quantitative estimate of drug-likeness (QED) is 0.814. The number of aromatic hydroxyl groups is 1. The molecule has 0 saturated carbocycles. The topological polar surface area (TPSA) is 66.8 Å². The fraction of sp³-hybridized carbons (Fsp3) is 0.357. The van der Waals surface area contributed by atoms with Crippen molar-refractivity contribution in [3.05, 3.63) is 29.8 Å². The van der Waals surface area contributed by atoms with Gasteiger partial charge in [-0.1, -0.05) is 31.6 Å². The maximum Gasteiger partial charge on any atom is 0.307 e. The molecule has 0 radical (unpaired) electrons. The monoisotopic (exact) mass is 250 g/mol. The van der Waals surface area contributed by atoms with Crippen molar-refractivity contribution < 1.29 is 19.7 Å². The van der Waals surface area contributed by atoms with Gasteiger partial charge in [-0.2, -0.15) is 0 Å². The molecule has 1 aromatic carbocycles. The van der Waals surface area contributed by atoms with Gasteiger partial charge in [0.05, 0.1) is 13.5 Å². The van der Waals surface area contributed by atoms with Crippen molar-refractivity contribution >= 4 is 11.5 Å². The summed E-state index contributed by atoms with van der Waals surface area (Å²) in [6.07, 6.45) is 3.18. The van der Waals surface area contributed by atoms with E-state index < -0.39 is 5.97 Å². The van der Waals surface area contributed by atoms with Crippen LogP contribution in [0, 0.1) is 0 Å². The van der Waals surface area contributed by atoms with Gasteiger partial charge in [0.1, 0.15) is 0 Å². The summed E-state index contributed by atoms with van der Waals surface area (Å²) in [7, 11) is 1.49. The van der Waals surface area contributed by atoms with Crippen molar-refractivity contribution in [3.63, 3.8) is 0 Å². The van der Waals surface area contributed by atoms with Crippen LogP contribution >= 0.6 is 0 Å². The molecule has 1 aromatic rings. The number of benzene rings is 1. The van der Waals surface area contributed by atoms with Gasteiger partial charge in [-0.05, 0) is 18.1 Å². The lowest BCUT2D eigenvalue weighted by atomic mass is 9.99. The third-order valence-electron chi connectivity index (χ3n) is 2.61. The molecule has 0 heterocycles. The molecule has 4 nitrogen and oxygen atoms in total. The molecule has 2 N–H and O–H groups in total. The molecule has 98 valence electrons. The number of ether oxygens (including phenoxy) is 1. The normalized spacial score (nSPS) is 11.3. The third-order valence-corrected chi connectivity index (χ3v) is 2.61. The largest absolute Gasteiger partial charge is 0.504 e. The Bertz CT molecular complexity index is 449. The van der Waals surface area contributed by atoms with Crippen LogP contribution in [-0.4, -0.2) is 23.3 Å². The molecule has 0 saturated heterocycles. The lowest BCUT2D eigenvalue weighted by molar-refractivity contribution is -0.135. The molecule has 0 amide bonds. The number of allylic oxidation sites excluding steroid dienone is 1. The highest BCUT2D eigenvalue weighted by molar-refractivity contribution is 5.77. The summed E-state index contributed by atoms with van der Waals surface area (Å²) in [6.45, 7) is 2.01. The Morgan fingerprint density at radius 3 is 2.72 bits per heavy atom. The van der Waals surface area contributed by atoms with E-state index in [9.17, 15) is 9.90 Å². The molecule has 1 rings (SSSR count). The smallest absolute Gasteiger partial charge is 0.307 e. The first-order chi connectivity index (χ1) is 8.60. The summed E-state index contributed by atoms with van der Waals surface area (Å²) in [5.74, 6) is -0.430. The second-order valence-corrected chi connectivity index (χ2v) is 3.93. The number of hydrogen-bond donors (Lipinski definition) is 2. The van der Waals surface area contributed by atoms with E-state index in [0.29, 0.717) is 17.7 Å². The van der Waals surface area contributed by atoms with Crippen LogP contribution in [0.15, 0.2) is 24.3 Å². The summed E-state index contributed by atoms with van der Waals surface area (Å²) < 4.78 is 5.05. The van der Waals surface area contributed by atoms with Crippen LogP contribution in [0.25, 0.3) is 5.57 Å². The van der Waals surface area contributed by atoms with Gasteiger partial charge in [-0.3, -0.25) is 4.79 Å². The molecule has 0 aromatic heterocycles. The summed E-state index contributed by atoms with van der Waals surface area (Å²) in [5.41, 5.74) is 1.47. The molecule has 18 heavy (non-hydrogen) atoms. The Balaban J connectivity index is 3.13. The third kappa shape index (κ3) is 3.52. The number of carboxylic acids is 1. The van der Waals surface area contributed by atoms with Crippen LogP contribution in [-0.2, 0) is 4.79 Å². The lowest BCUT2D eigenvalue weighted by Crippen LogP contribution is -1.94. The molecule has 0 fully saturated rings. The Morgan fingerprint density at radius 2 is 2.17 bits per heavy atom. The second-order valence-electron chi connectivity index (χ2n) is 3.93. The molecule has 0 bridgehead atoms. The zero-order valence-electron chi connectivity index (χ0n) is 10.6. The van der Waals surface area contributed by atoms with E-state index in [1.807, 2.05) is 6.92 Å². The SMILES string of the molecule is CCC/C(=C\CC(=O)O)c1cccc(OC)c1O. The van der Waals surface area contributed by atoms with Gasteiger partial charge >= 0.3 is 5.97 Å². The number of hydrogen-bond acceptors (Lipinski definition) is 3. The van der Waals surface area contributed by atoms with E-state index in [4.69, 9.17) is 9.84 Å². The van der Waals surface area contributed by atoms with Crippen LogP contribution in [0.4, 0.5) is 0 Å². The van der Waals surface area contributed by atoms with Gasteiger partial charge in [-0.15, -0.1) is 0 Å². The molecule has 4 heteroatoms. The maximum absolute atomic E-state index is 10.6. The van der Waals surface area contributed by atoms with Gasteiger partial charge in [-0.25, -0.2) is 0 Å². The Kier molecular flexibility index (Phi) is 5.24. The number of phenolic OH excluding ortho intramolecular Hbond substituents is 1. The Labute approximate surface area is 107 Å². The Hall–Kier alpha value is -1.97. The number of aliphatic carboxylic acids is 1. The predicted molar refractivity (Wildman–Crippen MR) is 69.8 cm³/mol. The number of rotatable bonds is 6. The number of phenols is 1. The molecule has 0 aliphatic rings.